The van der Waals surface area contributed by atoms with E-state index in [4.69, 9.17) is 4.74 Å². The predicted molar refractivity (Wildman–Crippen MR) is 69.9 cm³/mol. The van der Waals surface area contributed by atoms with Crippen molar-refractivity contribution in [3.8, 4) is 0 Å². The van der Waals surface area contributed by atoms with E-state index in [1.807, 2.05) is 7.05 Å². The molecule has 1 aromatic rings. The maximum absolute atomic E-state index is 11.9. The summed E-state index contributed by atoms with van der Waals surface area (Å²) < 4.78 is 5.57. The lowest BCUT2D eigenvalue weighted by molar-refractivity contribution is -0.0175. The zero-order valence-electron chi connectivity index (χ0n) is 11.5. The molecule has 1 amide bonds. The van der Waals surface area contributed by atoms with Crippen LogP contribution in [0.5, 0.6) is 0 Å². The second-order valence-electron chi connectivity index (χ2n) is 4.82. The number of ether oxygens (including phenoxy) is 1. The Morgan fingerprint density at radius 3 is 3.21 bits per heavy atom. The molecule has 7 heteroatoms. The molecule has 1 saturated heterocycles. The fraction of sp³-hybridized carbons (Fsp3) is 0.750. The van der Waals surface area contributed by atoms with Gasteiger partial charge >= 0.3 is 0 Å². The monoisotopic (exact) mass is 267 g/mol. The lowest BCUT2D eigenvalue weighted by Gasteiger charge is -2.29. The van der Waals surface area contributed by atoms with E-state index in [1.54, 1.807) is 0 Å². The van der Waals surface area contributed by atoms with Crippen LogP contribution < -0.4 is 5.32 Å². The number of hydrogen-bond acceptors (Lipinski definition) is 5. The van der Waals surface area contributed by atoms with Crippen molar-refractivity contribution >= 4 is 5.91 Å². The van der Waals surface area contributed by atoms with Gasteiger partial charge in [-0.05, 0) is 13.5 Å². The van der Waals surface area contributed by atoms with Crippen molar-refractivity contribution in [3.63, 3.8) is 0 Å². The topological polar surface area (TPSA) is 83.1 Å². The van der Waals surface area contributed by atoms with E-state index < -0.39 is 0 Å². The van der Waals surface area contributed by atoms with Crippen LogP contribution in [-0.2, 0) is 11.2 Å². The zero-order valence-corrected chi connectivity index (χ0v) is 11.5. The van der Waals surface area contributed by atoms with Gasteiger partial charge in [-0.2, -0.15) is 0 Å². The number of likely N-dealkylation sites (N-methyl/N-ethyl adjacent to an activating group) is 1. The highest BCUT2D eigenvalue weighted by atomic mass is 16.5. The second kappa shape index (κ2) is 6.63. The van der Waals surface area contributed by atoms with E-state index in [-0.39, 0.29) is 17.8 Å². The highest BCUT2D eigenvalue weighted by molar-refractivity contribution is 5.90. The van der Waals surface area contributed by atoms with E-state index in [2.05, 4.69) is 32.3 Å². The largest absolute Gasteiger partial charge is 0.374 e. The van der Waals surface area contributed by atoms with Gasteiger partial charge in [0.1, 0.15) is 5.82 Å². The predicted octanol–water partition coefficient (Wildman–Crippen LogP) is -0.182. The van der Waals surface area contributed by atoms with Crippen molar-refractivity contribution in [3.05, 3.63) is 11.6 Å². The summed E-state index contributed by atoms with van der Waals surface area (Å²) in [5, 5.41) is 9.49. The number of nitrogens with one attached hydrogen (secondary N) is 2. The Labute approximate surface area is 112 Å². The Kier molecular flexibility index (Phi) is 4.86. The van der Waals surface area contributed by atoms with Gasteiger partial charge in [0.15, 0.2) is 0 Å². The molecule has 1 unspecified atom stereocenters. The molecule has 0 aliphatic carbocycles. The number of aromatic nitrogens is 3. The van der Waals surface area contributed by atoms with Gasteiger partial charge in [0.25, 0.3) is 5.91 Å². The molecular formula is C12H21N5O2. The first-order chi connectivity index (χ1) is 9.19. The standard InChI is InChI=1S/C12H21N5O2/c1-3-4-10-14-11(16-15-10)12(18)13-7-9-8-17(2)5-6-19-9/h9H,3-8H2,1-2H3,(H,13,18)(H,14,15,16). The van der Waals surface area contributed by atoms with Crippen molar-refractivity contribution < 1.29 is 9.53 Å². The minimum Gasteiger partial charge on any atom is -0.374 e. The molecule has 0 spiro atoms. The number of H-pyrrole nitrogens is 1. The summed E-state index contributed by atoms with van der Waals surface area (Å²) in [6, 6.07) is 0. The van der Waals surface area contributed by atoms with E-state index in [0.717, 1.165) is 31.8 Å². The molecule has 2 rings (SSSR count). The fourth-order valence-corrected chi connectivity index (χ4v) is 2.02. The number of nitrogens with zero attached hydrogens (tertiary/aromatic N) is 3. The summed E-state index contributed by atoms with van der Waals surface area (Å²) in [6.45, 7) is 5.01. The Morgan fingerprint density at radius 2 is 2.47 bits per heavy atom. The van der Waals surface area contributed by atoms with Gasteiger partial charge in [0.05, 0.1) is 12.7 Å². The van der Waals surface area contributed by atoms with Crippen LogP contribution in [-0.4, -0.2) is 65.4 Å². The molecule has 2 N–H and O–H groups in total. The fourth-order valence-electron chi connectivity index (χ4n) is 2.02. The summed E-state index contributed by atoms with van der Waals surface area (Å²) in [7, 11) is 2.05. The normalized spacial score (nSPS) is 20.4. The highest BCUT2D eigenvalue weighted by Crippen LogP contribution is 2.02. The molecule has 0 saturated carbocycles. The Hall–Kier alpha value is -1.47. The average molecular weight is 267 g/mol. The maximum Gasteiger partial charge on any atom is 0.291 e. The highest BCUT2D eigenvalue weighted by Gasteiger charge is 2.19. The van der Waals surface area contributed by atoms with Crippen molar-refractivity contribution in [2.75, 3.05) is 33.3 Å². The minimum atomic E-state index is -0.254. The Balaban J connectivity index is 1.79. The molecule has 1 aliphatic heterocycles. The van der Waals surface area contributed by atoms with Crippen LogP contribution in [0.15, 0.2) is 0 Å². The smallest absolute Gasteiger partial charge is 0.291 e. The third-order valence-electron chi connectivity index (χ3n) is 3.05. The molecule has 2 heterocycles. The minimum absolute atomic E-state index is 0.0387. The molecule has 0 aromatic carbocycles. The molecule has 1 fully saturated rings. The van der Waals surface area contributed by atoms with Crippen LogP contribution in [0.1, 0.15) is 29.8 Å². The summed E-state index contributed by atoms with van der Waals surface area (Å²) in [4.78, 5) is 18.2. The molecule has 0 radical (unpaired) electrons. The van der Waals surface area contributed by atoms with Crippen LogP contribution >= 0.6 is 0 Å². The lowest BCUT2D eigenvalue weighted by atomic mass is 10.3. The molecule has 106 valence electrons. The lowest BCUT2D eigenvalue weighted by Crippen LogP contribution is -2.46. The molecule has 19 heavy (non-hydrogen) atoms. The molecule has 7 nitrogen and oxygen atoms in total. The van der Waals surface area contributed by atoms with Gasteiger partial charge in [0, 0.05) is 26.1 Å². The van der Waals surface area contributed by atoms with Gasteiger partial charge in [0.2, 0.25) is 5.82 Å². The van der Waals surface area contributed by atoms with Crippen LogP contribution in [0.4, 0.5) is 0 Å². The van der Waals surface area contributed by atoms with Gasteiger partial charge in [-0.3, -0.25) is 9.89 Å². The van der Waals surface area contributed by atoms with Gasteiger partial charge < -0.3 is 15.0 Å². The third kappa shape index (κ3) is 4.00. The molecular weight excluding hydrogens is 246 g/mol. The van der Waals surface area contributed by atoms with Gasteiger partial charge in [-0.25, -0.2) is 4.98 Å². The van der Waals surface area contributed by atoms with Gasteiger partial charge in [-0.1, -0.05) is 6.92 Å². The van der Waals surface area contributed by atoms with Gasteiger partial charge in [-0.15, -0.1) is 5.10 Å². The number of rotatable bonds is 5. The molecule has 0 bridgehead atoms. The van der Waals surface area contributed by atoms with Crippen LogP contribution in [0, 0.1) is 0 Å². The Morgan fingerprint density at radius 1 is 1.63 bits per heavy atom. The number of carbonyl (C=O) groups excluding carboxylic acids is 1. The molecule has 1 aliphatic rings. The molecule has 1 atom stereocenters. The van der Waals surface area contributed by atoms with E-state index in [1.165, 1.54) is 0 Å². The number of carbonyl (C=O) groups is 1. The first-order valence-electron chi connectivity index (χ1n) is 6.68. The van der Waals surface area contributed by atoms with E-state index >= 15 is 0 Å². The number of amides is 1. The summed E-state index contributed by atoms with van der Waals surface area (Å²) in [5.41, 5.74) is 0. The van der Waals surface area contributed by atoms with Crippen LogP contribution in [0.3, 0.4) is 0 Å². The SMILES string of the molecule is CCCc1nc(C(=O)NCC2CN(C)CCO2)n[nH]1. The quantitative estimate of drug-likeness (QED) is 0.773. The van der Waals surface area contributed by atoms with Crippen molar-refractivity contribution in [2.45, 2.75) is 25.9 Å². The number of aromatic amines is 1. The van der Waals surface area contributed by atoms with E-state index in [0.29, 0.717) is 13.2 Å². The average Bonchev–Trinajstić information content (AvgIpc) is 2.85. The number of aryl methyl sites for hydroxylation is 1. The summed E-state index contributed by atoms with van der Waals surface area (Å²) in [5.74, 6) is 0.698. The first kappa shape index (κ1) is 14.0. The number of morpholine rings is 1. The maximum atomic E-state index is 11.9. The summed E-state index contributed by atoms with van der Waals surface area (Å²) >= 11 is 0. The van der Waals surface area contributed by atoms with Crippen molar-refractivity contribution in [1.29, 1.82) is 0 Å². The second-order valence-corrected chi connectivity index (χ2v) is 4.82. The first-order valence-corrected chi connectivity index (χ1v) is 6.68. The van der Waals surface area contributed by atoms with E-state index in [9.17, 15) is 4.79 Å². The zero-order chi connectivity index (χ0) is 13.7. The number of hydrogen-bond donors (Lipinski definition) is 2. The van der Waals surface area contributed by atoms with Crippen LogP contribution in [0.25, 0.3) is 0 Å². The van der Waals surface area contributed by atoms with Crippen molar-refractivity contribution in [2.24, 2.45) is 0 Å². The summed E-state index contributed by atoms with van der Waals surface area (Å²) in [6.07, 6.45) is 1.81. The molecule has 1 aromatic heterocycles. The third-order valence-corrected chi connectivity index (χ3v) is 3.05. The van der Waals surface area contributed by atoms with Crippen molar-refractivity contribution in [1.82, 2.24) is 25.4 Å². The Bertz CT molecular complexity index is 420. The van der Waals surface area contributed by atoms with Crippen LogP contribution in [0.2, 0.25) is 0 Å².